The van der Waals surface area contributed by atoms with Crippen molar-refractivity contribution >= 4 is 16.0 Å². The number of ether oxygens (including phenoxy) is 1. The van der Waals surface area contributed by atoms with Gasteiger partial charge in [0.15, 0.2) is 0 Å². The normalized spacial score (nSPS) is 19.6. The van der Waals surface area contributed by atoms with Crippen LogP contribution in [0.3, 0.4) is 0 Å². The second-order valence-electron chi connectivity index (χ2n) is 4.77. The van der Waals surface area contributed by atoms with E-state index in [1.807, 2.05) is 0 Å². The number of carbonyl (C=O) groups is 1. The molecule has 1 aromatic carbocycles. The fraction of sp³-hybridized carbons (Fsp3) is 0.462. The van der Waals surface area contributed by atoms with Crippen LogP contribution in [0.15, 0.2) is 29.2 Å². The molecule has 1 heterocycles. The molecule has 1 unspecified atom stereocenters. The first-order valence-electron chi connectivity index (χ1n) is 6.52. The lowest BCUT2D eigenvalue weighted by Crippen LogP contribution is -2.29. The van der Waals surface area contributed by atoms with E-state index in [9.17, 15) is 18.3 Å². The number of nitrogens with zero attached hydrogens (tertiary/aromatic N) is 1. The van der Waals surface area contributed by atoms with E-state index in [0.717, 1.165) is 0 Å². The summed E-state index contributed by atoms with van der Waals surface area (Å²) >= 11 is 0. The molecule has 1 aromatic rings. The second-order valence-corrected chi connectivity index (χ2v) is 6.71. The van der Waals surface area contributed by atoms with Crippen molar-refractivity contribution in [2.75, 3.05) is 19.7 Å². The van der Waals surface area contributed by atoms with Gasteiger partial charge in [0, 0.05) is 13.1 Å². The van der Waals surface area contributed by atoms with Gasteiger partial charge in [-0.25, -0.2) is 8.42 Å². The smallest absolute Gasteiger partial charge is 0.306 e. The molecule has 1 saturated heterocycles. The summed E-state index contributed by atoms with van der Waals surface area (Å²) < 4.78 is 31.0. The molecule has 2 rings (SSSR count). The number of sulfonamides is 1. The molecule has 0 bridgehead atoms. The Balaban J connectivity index is 2.02. The lowest BCUT2D eigenvalue weighted by atomic mass is 10.3. The van der Waals surface area contributed by atoms with Gasteiger partial charge in [-0.2, -0.15) is 4.31 Å². The molecule has 1 fully saturated rings. The lowest BCUT2D eigenvalue weighted by molar-refractivity contribution is -0.137. The molecule has 116 valence electrons. The number of rotatable bonds is 6. The molecule has 0 radical (unpaired) electrons. The van der Waals surface area contributed by atoms with E-state index in [-0.39, 0.29) is 24.5 Å². The summed E-state index contributed by atoms with van der Waals surface area (Å²) in [6.07, 6.45) is -0.292. The highest BCUT2D eigenvalue weighted by Gasteiger charge is 2.31. The quantitative estimate of drug-likeness (QED) is 0.782. The van der Waals surface area contributed by atoms with Crippen molar-refractivity contribution in [2.45, 2.75) is 23.8 Å². The third-order valence-corrected chi connectivity index (χ3v) is 5.05. The van der Waals surface area contributed by atoms with Gasteiger partial charge in [-0.3, -0.25) is 4.79 Å². The first-order valence-corrected chi connectivity index (χ1v) is 7.96. The molecule has 8 heteroatoms. The number of carboxylic acids is 1. The summed E-state index contributed by atoms with van der Waals surface area (Å²) in [7, 11) is -3.60. The minimum Gasteiger partial charge on any atom is -0.493 e. The first kappa shape index (κ1) is 15.7. The number of hydrogen-bond acceptors (Lipinski definition) is 5. The number of aliphatic carboxylic acids is 1. The van der Waals surface area contributed by atoms with Crippen molar-refractivity contribution in [2.24, 2.45) is 0 Å². The fourth-order valence-electron chi connectivity index (χ4n) is 2.04. The molecule has 7 nitrogen and oxygen atoms in total. The number of aliphatic hydroxyl groups is 1. The standard InChI is InChI=1S/C13H17NO6S/c15-10-5-7-14(9-10)21(18,19)12-3-1-11(2-4-12)20-8-6-13(16)17/h1-4,10,15H,5-9H2,(H,16,17). The number of hydrogen-bond donors (Lipinski definition) is 2. The van der Waals surface area contributed by atoms with Gasteiger partial charge in [-0.1, -0.05) is 0 Å². The van der Waals surface area contributed by atoms with Crippen LogP contribution in [-0.2, 0) is 14.8 Å². The van der Waals surface area contributed by atoms with Gasteiger partial charge in [0.2, 0.25) is 10.0 Å². The Kier molecular flexibility index (Phi) is 4.81. The van der Waals surface area contributed by atoms with Gasteiger partial charge in [0.05, 0.1) is 24.0 Å². The van der Waals surface area contributed by atoms with E-state index < -0.39 is 22.1 Å². The number of β-amino-alcohol motifs (C(OH)–C–C–N with tert-alkyl or cyclic N) is 1. The molecular weight excluding hydrogens is 298 g/mol. The van der Waals surface area contributed by atoms with Crippen LogP contribution in [0, 0.1) is 0 Å². The number of carboxylic acid groups (broad SMARTS) is 1. The van der Waals surface area contributed by atoms with Crippen LogP contribution >= 0.6 is 0 Å². The fourth-order valence-corrected chi connectivity index (χ4v) is 3.53. The largest absolute Gasteiger partial charge is 0.493 e. The molecule has 1 aliphatic rings. The predicted octanol–water partition coefficient (Wildman–Crippen LogP) is 0.295. The van der Waals surface area contributed by atoms with Crippen LogP contribution in [0.4, 0.5) is 0 Å². The highest BCUT2D eigenvalue weighted by atomic mass is 32.2. The summed E-state index contributed by atoms with van der Waals surface area (Å²) in [5.41, 5.74) is 0. The zero-order valence-electron chi connectivity index (χ0n) is 11.3. The van der Waals surface area contributed by atoms with E-state index in [1.54, 1.807) is 0 Å². The topological polar surface area (TPSA) is 104 Å². The van der Waals surface area contributed by atoms with E-state index in [4.69, 9.17) is 9.84 Å². The average molecular weight is 315 g/mol. The Hall–Kier alpha value is -1.64. The van der Waals surface area contributed by atoms with Crippen molar-refractivity contribution in [3.63, 3.8) is 0 Å². The molecule has 2 N–H and O–H groups in total. The van der Waals surface area contributed by atoms with Crippen LogP contribution in [0.25, 0.3) is 0 Å². The monoisotopic (exact) mass is 315 g/mol. The highest BCUT2D eigenvalue weighted by Crippen LogP contribution is 2.23. The summed E-state index contributed by atoms with van der Waals surface area (Å²) in [5.74, 6) is -0.543. The van der Waals surface area contributed by atoms with Gasteiger partial charge < -0.3 is 14.9 Å². The average Bonchev–Trinajstić information content (AvgIpc) is 2.86. The Labute approximate surface area is 122 Å². The molecule has 0 amide bonds. The molecular formula is C13H17NO6S. The Morgan fingerprint density at radius 1 is 1.33 bits per heavy atom. The molecule has 0 aliphatic carbocycles. The van der Waals surface area contributed by atoms with Gasteiger partial charge in [0.1, 0.15) is 5.75 Å². The van der Waals surface area contributed by atoms with Crippen molar-refractivity contribution in [3.05, 3.63) is 24.3 Å². The molecule has 21 heavy (non-hydrogen) atoms. The Morgan fingerprint density at radius 2 is 2.00 bits per heavy atom. The van der Waals surface area contributed by atoms with Crippen LogP contribution in [0.2, 0.25) is 0 Å². The number of benzene rings is 1. The van der Waals surface area contributed by atoms with Gasteiger partial charge >= 0.3 is 5.97 Å². The SMILES string of the molecule is O=C(O)CCOc1ccc(S(=O)(=O)N2CCC(O)C2)cc1. The van der Waals surface area contributed by atoms with Gasteiger partial charge in [0.25, 0.3) is 0 Å². The third kappa shape index (κ3) is 3.93. The molecule has 0 aromatic heterocycles. The van der Waals surface area contributed by atoms with E-state index in [0.29, 0.717) is 18.7 Å². The Morgan fingerprint density at radius 3 is 2.52 bits per heavy atom. The summed E-state index contributed by atoms with van der Waals surface area (Å²) in [6, 6.07) is 5.80. The van der Waals surface area contributed by atoms with E-state index in [1.165, 1.54) is 28.6 Å². The van der Waals surface area contributed by atoms with Crippen LogP contribution in [-0.4, -0.2) is 54.7 Å². The van der Waals surface area contributed by atoms with Crippen LogP contribution < -0.4 is 4.74 Å². The molecule has 1 atom stereocenters. The van der Waals surface area contributed by atoms with E-state index >= 15 is 0 Å². The minimum atomic E-state index is -3.60. The first-order chi connectivity index (χ1) is 9.89. The lowest BCUT2D eigenvalue weighted by Gasteiger charge is -2.16. The highest BCUT2D eigenvalue weighted by molar-refractivity contribution is 7.89. The molecule has 0 saturated carbocycles. The van der Waals surface area contributed by atoms with Crippen LogP contribution in [0.5, 0.6) is 5.75 Å². The van der Waals surface area contributed by atoms with Gasteiger partial charge in [-0.05, 0) is 30.7 Å². The molecule has 0 spiro atoms. The van der Waals surface area contributed by atoms with Crippen molar-refractivity contribution in [1.29, 1.82) is 0 Å². The maximum atomic E-state index is 12.3. The Bertz CT molecular complexity index is 598. The second kappa shape index (κ2) is 6.42. The maximum absolute atomic E-state index is 12.3. The van der Waals surface area contributed by atoms with Crippen molar-refractivity contribution in [3.8, 4) is 5.75 Å². The maximum Gasteiger partial charge on any atom is 0.306 e. The van der Waals surface area contributed by atoms with Gasteiger partial charge in [-0.15, -0.1) is 0 Å². The molecule has 1 aliphatic heterocycles. The summed E-state index contributed by atoms with van der Waals surface area (Å²) in [5, 5.41) is 17.9. The minimum absolute atomic E-state index is 0.0275. The summed E-state index contributed by atoms with van der Waals surface area (Å²) in [4.78, 5) is 10.5. The predicted molar refractivity (Wildman–Crippen MR) is 73.6 cm³/mol. The van der Waals surface area contributed by atoms with E-state index in [2.05, 4.69) is 0 Å². The third-order valence-electron chi connectivity index (χ3n) is 3.17. The zero-order valence-corrected chi connectivity index (χ0v) is 12.1. The van der Waals surface area contributed by atoms with Crippen LogP contribution in [0.1, 0.15) is 12.8 Å². The zero-order chi connectivity index (χ0) is 15.5. The van der Waals surface area contributed by atoms with Crippen molar-refractivity contribution < 1.29 is 28.2 Å². The summed E-state index contributed by atoms with van der Waals surface area (Å²) in [6.45, 7) is 0.444. The van der Waals surface area contributed by atoms with Crippen molar-refractivity contribution in [1.82, 2.24) is 4.31 Å². The number of aliphatic hydroxyl groups excluding tert-OH is 1.